The van der Waals surface area contributed by atoms with Gasteiger partial charge >= 0.3 is 0 Å². The van der Waals surface area contributed by atoms with Gasteiger partial charge in [-0.05, 0) is 43.1 Å². The monoisotopic (exact) mass is 316 g/mol. The molecular weight excluding hydrogens is 288 g/mol. The van der Waals surface area contributed by atoms with E-state index in [0.29, 0.717) is 43.6 Å². The number of carbonyl (C=O) groups is 1. The molecule has 0 saturated heterocycles. The second-order valence-corrected chi connectivity index (χ2v) is 7.06. The fourth-order valence-electron chi connectivity index (χ4n) is 4.21. The maximum Gasteiger partial charge on any atom is 0.222 e. The van der Waals surface area contributed by atoms with Crippen LogP contribution in [0.15, 0.2) is 30.3 Å². The van der Waals surface area contributed by atoms with Crippen LogP contribution in [0.25, 0.3) is 0 Å². The topological polar surface area (TPSA) is 64.3 Å². The molecule has 126 valence electrons. The van der Waals surface area contributed by atoms with Crippen molar-refractivity contribution in [2.45, 2.75) is 57.2 Å². The zero-order chi connectivity index (χ0) is 16.1. The molecule has 2 aliphatic rings. The van der Waals surface area contributed by atoms with Gasteiger partial charge < -0.3 is 15.8 Å². The van der Waals surface area contributed by atoms with Gasteiger partial charge in [0, 0.05) is 18.5 Å². The Hall–Kier alpha value is -1.39. The summed E-state index contributed by atoms with van der Waals surface area (Å²) in [5.41, 5.74) is 7.28. The largest absolute Gasteiger partial charge is 0.376 e. The fraction of sp³-hybridized carbons (Fsp3) is 0.632. The summed E-state index contributed by atoms with van der Waals surface area (Å²) in [6.07, 6.45) is 6.26. The van der Waals surface area contributed by atoms with E-state index < -0.39 is 0 Å². The highest BCUT2D eigenvalue weighted by molar-refractivity contribution is 5.76. The number of benzene rings is 1. The molecule has 3 N–H and O–H groups in total. The second kappa shape index (κ2) is 7.93. The zero-order valence-corrected chi connectivity index (χ0v) is 13.7. The van der Waals surface area contributed by atoms with Crippen LogP contribution in [0.1, 0.15) is 44.1 Å². The van der Waals surface area contributed by atoms with Crippen LogP contribution in [0.4, 0.5) is 0 Å². The van der Waals surface area contributed by atoms with Gasteiger partial charge in [-0.25, -0.2) is 0 Å². The van der Waals surface area contributed by atoms with E-state index in [1.54, 1.807) is 0 Å². The molecule has 0 aromatic heterocycles. The number of amides is 1. The standard InChI is InChI=1S/C19H28N2O2/c20-17-11-15-7-4-8-16(12-17)19(15)21-18(22)9-10-23-13-14-5-2-1-3-6-14/h1-3,5-6,15-17,19H,4,7-13,20H2,(H,21,22). The predicted molar refractivity (Wildman–Crippen MR) is 90.7 cm³/mol. The summed E-state index contributed by atoms with van der Waals surface area (Å²) in [5.74, 6) is 1.27. The zero-order valence-electron chi connectivity index (χ0n) is 13.7. The lowest BCUT2D eigenvalue weighted by molar-refractivity contribution is -0.124. The first-order chi connectivity index (χ1) is 11.2. The lowest BCUT2D eigenvalue weighted by atomic mass is 9.67. The Morgan fingerprint density at radius 1 is 1.17 bits per heavy atom. The summed E-state index contributed by atoms with van der Waals surface area (Å²) in [6, 6.07) is 10.7. The second-order valence-electron chi connectivity index (χ2n) is 7.06. The third kappa shape index (κ3) is 4.55. The molecule has 2 fully saturated rings. The minimum atomic E-state index is 0.121. The van der Waals surface area contributed by atoms with Crippen LogP contribution < -0.4 is 11.1 Å². The molecule has 2 saturated carbocycles. The van der Waals surface area contributed by atoms with Gasteiger partial charge in [-0.1, -0.05) is 36.8 Å². The first-order valence-corrected chi connectivity index (χ1v) is 8.89. The van der Waals surface area contributed by atoms with E-state index >= 15 is 0 Å². The summed E-state index contributed by atoms with van der Waals surface area (Å²) in [7, 11) is 0. The Kier molecular flexibility index (Phi) is 5.68. The lowest BCUT2D eigenvalue weighted by Crippen LogP contribution is -2.53. The molecule has 0 aliphatic heterocycles. The molecule has 2 unspecified atom stereocenters. The van der Waals surface area contributed by atoms with E-state index in [0.717, 1.165) is 18.4 Å². The third-order valence-corrected chi connectivity index (χ3v) is 5.29. The first-order valence-electron chi connectivity index (χ1n) is 8.89. The molecule has 1 amide bonds. The van der Waals surface area contributed by atoms with Crippen LogP contribution in [-0.2, 0) is 16.1 Å². The number of nitrogens with one attached hydrogen (secondary N) is 1. The fourth-order valence-corrected chi connectivity index (χ4v) is 4.21. The number of hydrogen-bond acceptors (Lipinski definition) is 3. The number of nitrogens with two attached hydrogens (primary N) is 1. The Morgan fingerprint density at radius 3 is 2.57 bits per heavy atom. The molecular formula is C19H28N2O2. The number of hydrogen-bond donors (Lipinski definition) is 2. The van der Waals surface area contributed by atoms with Crippen molar-refractivity contribution in [1.29, 1.82) is 0 Å². The van der Waals surface area contributed by atoms with Crippen LogP contribution in [0.3, 0.4) is 0 Å². The highest BCUT2D eigenvalue weighted by Crippen LogP contribution is 2.39. The molecule has 2 aliphatic carbocycles. The highest BCUT2D eigenvalue weighted by Gasteiger charge is 2.39. The van der Waals surface area contributed by atoms with Crippen molar-refractivity contribution in [2.24, 2.45) is 17.6 Å². The first kappa shape index (κ1) is 16.5. The summed E-state index contributed by atoms with van der Waals surface area (Å²) in [4.78, 5) is 12.2. The minimum Gasteiger partial charge on any atom is -0.376 e. The third-order valence-electron chi connectivity index (χ3n) is 5.29. The molecule has 3 rings (SSSR count). The van der Waals surface area contributed by atoms with Gasteiger partial charge in [-0.3, -0.25) is 4.79 Å². The molecule has 0 spiro atoms. The molecule has 1 aromatic rings. The van der Waals surface area contributed by atoms with E-state index in [4.69, 9.17) is 10.5 Å². The van der Waals surface area contributed by atoms with Crippen molar-refractivity contribution >= 4 is 5.91 Å². The number of rotatable bonds is 6. The van der Waals surface area contributed by atoms with Gasteiger partial charge in [0.15, 0.2) is 0 Å². The van der Waals surface area contributed by atoms with Gasteiger partial charge in [0.1, 0.15) is 0 Å². The van der Waals surface area contributed by atoms with Crippen LogP contribution in [-0.4, -0.2) is 24.6 Å². The molecule has 2 atom stereocenters. The van der Waals surface area contributed by atoms with Crippen molar-refractivity contribution < 1.29 is 9.53 Å². The van der Waals surface area contributed by atoms with E-state index in [2.05, 4.69) is 5.32 Å². The summed E-state index contributed by atoms with van der Waals surface area (Å²) >= 11 is 0. The molecule has 0 radical (unpaired) electrons. The average molecular weight is 316 g/mol. The quantitative estimate of drug-likeness (QED) is 0.793. The molecule has 23 heavy (non-hydrogen) atoms. The van der Waals surface area contributed by atoms with Gasteiger partial charge in [0.25, 0.3) is 0 Å². The number of fused-ring (bicyclic) bond motifs is 2. The van der Waals surface area contributed by atoms with Crippen molar-refractivity contribution in [3.8, 4) is 0 Å². The van der Waals surface area contributed by atoms with E-state index in [-0.39, 0.29) is 5.91 Å². The molecule has 4 nitrogen and oxygen atoms in total. The Morgan fingerprint density at radius 2 is 1.87 bits per heavy atom. The van der Waals surface area contributed by atoms with Gasteiger partial charge in [0.2, 0.25) is 5.91 Å². The summed E-state index contributed by atoms with van der Waals surface area (Å²) < 4.78 is 5.61. The normalized spacial score (nSPS) is 30.0. The van der Waals surface area contributed by atoms with Crippen molar-refractivity contribution in [3.63, 3.8) is 0 Å². The Labute approximate surface area is 138 Å². The summed E-state index contributed by atoms with van der Waals surface area (Å²) in [6.45, 7) is 1.04. The van der Waals surface area contributed by atoms with Crippen LogP contribution in [0.2, 0.25) is 0 Å². The summed E-state index contributed by atoms with van der Waals surface area (Å²) in [5, 5.41) is 3.27. The SMILES string of the molecule is NC1CC2CCCC(C1)C2NC(=O)CCOCc1ccccc1. The van der Waals surface area contributed by atoms with Gasteiger partial charge in [-0.2, -0.15) is 0 Å². The van der Waals surface area contributed by atoms with E-state index in [9.17, 15) is 4.79 Å². The molecule has 2 bridgehead atoms. The molecule has 4 heteroatoms. The Balaban J connectivity index is 1.39. The molecule has 0 heterocycles. The van der Waals surface area contributed by atoms with Crippen molar-refractivity contribution in [1.82, 2.24) is 5.32 Å². The van der Waals surface area contributed by atoms with Crippen molar-refractivity contribution in [2.75, 3.05) is 6.61 Å². The van der Waals surface area contributed by atoms with Crippen LogP contribution >= 0.6 is 0 Å². The minimum absolute atomic E-state index is 0.121. The smallest absolute Gasteiger partial charge is 0.222 e. The number of ether oxygens (including phenoxy) is 1. The predicted octanol–water partition coefficient (Wildman–Crippen LogP) is 2.62. The van der Waals surface area contributed by atoms with Crippen molar-refractivity contribution in [3.05, 3.63) is 35.9 Å². The molecule has 1 aromatic carbocycles. The lowest BCUT2D eigenvalue weighted by Gasteiger charge is -2.45. The Bertz CT molecular complexity index is 491. The van der Waals surface area contributed by atoms with E-state index in [1.165, 1.54) is 19.3 Å². The van der Waals surface area contributed by atoms with Crippen LogP contribution in [0, 0.1) is 11.8 Å². The van der Waals surface area contributed by atoms with Gasteiger partial charge in [0.05, 0.1) is 13.2 Å². The van der Waals surface area contributed by atoms with E-state index in [1.807, 2.05) is 30.3 Å². The average Bonchev–Trinajstić information content (AvgIpc) is 2.53. The van der Waals surface area contributed by atoms with Crippen LogP contribution in [0.5, 0.6) is 0 Å². The number of carbonyl (C=O) groups excluding carboxylic acids is 1. The maximum absolute atomic E-state index is 12.2. The maximum atomic E-state index is 12.2. The van der Waals surface area contributed by atoms with Gasteiger partial charge in [-0.15, -0.1) is 0 Å². The highest BCUT2D eigenvalue weighted by atomic mass is 16.5.